The van der Waals surface area contributed by atoms with E-state index in [2.05, 4.69) is 55.5 Å². The molecule has 0 unspecified atom stereocenters. The van der Waals surface area contributed by atoms with Gasteiger partial charge in [0.2, 0.25) is 0 Å². The van der Waals surface area contributed by atoms with Crippen LogP contribution in [0.15, 0.2) is 29.3 Å². The molecule has 4 nitrogen and oxygen atoms in total. The van der Waals surface area contributed by atoms with E-state index in [1.807, 2.05) is 18.7 Å². The van der Waals surface area contributed by atoms with Gasteiger partial charge in [0.15, 0.2) is 0 Å². The van der Waals surface area contributed by atoms with Crippen LogP contribution in [0.25, 0.3) is 0 Å². The van der Waals surface area contributed by atoms with E-state index >= 15 is 0 Å². The van der Waals surface area contributed by atoms with Gasteiger partial charge in [-0.1, -0.05) is 23.8 Å². The second kappa shape index (κ2) is 4.72. The van der Waals surface area contributed by atoms with Gasteiger partial charge in [-0.05, 0) is 33.8 Å². The van der Waals surface area contributed by atoms with Gasteiger partial charge in [0.25, 0.3) is 0 Å². The zero-order chi connectivity index (χ0) is 15.2. The molecule has 0 fully saturated rings. The summed E-state index contributed by atoms with van der Waals surface area (Å²) < 4.78 is 1.91. The minimum atomic E-state index is -0.148. The molecule has 0 amide bonds. The van der Waals surface area contributed by atoms with Crippen molar-refractivity contribution in [3.8, 4) is 0 Å². The number of nitrogens with one attached hydrogen (secondary N) is 1. The summed E-state index contributed by atoms with van der Waals surface area (Å²) in [6.45, 7) is 9.27. The molecule has 1 aliphatic rings. The fraction of sp³-hybridized carbons (Fsp3) is 0.412. The molecule has 0 saturated heterocycles. The van der Waals surface area contributed by atoms with Crippen LogP contribution in [0.3, 0.4) is 0 Å². The minimum absolute atomic E-state index is 0.148. The third-order valence-corrected chi connectivity index (χ3v) is 3.85. The van der Waals surface area contributed by atoms with E-state index in [-0.39, 0.29) is 5.54 Å². The molecular formula is C17H22N4. The molecular weight excluding hydrogens is 260 g/mol. The van der Waals surface area contributed by atoms with E-state index in [4.69, 9.17) is 4.99 Å². The van der Waals surface area contributed by atoms with E-state index in [0.717, 1.165) is 34.9 Å². The fourth-order valence-corrected chi connectivity index (χ4v) is 2.84. The third-order valence-electron chi connectivity index (χ3n) is 3.85. The van der Waals surface area contributed by atoms with E-state index in [9.17, 15) is 0 Å². The van der Waals surface area contributed by atoms with Crippen molar-refractivity contribution in [1.29, 1.82) is 0 Å². The Kier molecular flexibility index (Phi) is 3.12. The molecule has 0 bridgehead atoms. The number of aryl methyl sites for hydroxylation is 3. The van der Waals surface area contributed by atoms with Crippen LogP contribution < -0.4 is 5.32 Å². The molecule has 1 aliphatic heterocycles. The molecule has 4 heteroatoms. The van der Waals surface area contributed by atoms with Gasteiger partial charge in [-0.3, -0.25) is 9.67 Å². The van der Waals surface area contributed by atoms with Crippen molar-refractivity contribution < 1.29 is 0 Å². The number of aliphatic imine (C=N–C) groups is 1. The molecule has 21 heavy (non-hydrogen) atoms. The fourth-order valence-electron chi connectivity index (χ4n) is 2.84. The maximum atomic E-state index is 5.04. The molecule has 0 atom stereocenters. The van der Waals surface area contributed by atoms with Crippen LogP contribution >= 0.6 is 0 Å². The summed E-state index contributed by atoms with van der Waals surface area (Å²) >= 11 is 0. The van der Waals surface area contributed by atoms with Gasteiger partial charge in [0, 0.05) is 19.2 Å². The van der Waals surface area contributed by atoms with Crippen molar-refractivity contribution in [3.05, 3.63) is 46.6 Å². The lowest BCUT2D eigenvalue weighted by Gasteiger charge is -2.19. The molecule has 0 saturated carbocycles. The summed E-state index contributed by atoms with van der Waals surface area (Å²) in [7, 11) is 1.98. The van der Waals surface area contributed by atoms with E-state index in [0.29, 0.717) is 0 Å². The van der Waals surface area contributed by atoms with Crippen molar-refractivity contribution in [2.45, 2.75) is 33.2 Å². The zero-order valence-electron chi connectivity index (χ0n) is 13.4. The van der Waals surface area contributed by atoms with Gasteiger partial charge >= 0.3 is 0 Å². The number of nitrogens with zero attached hydrogens (tertiary/aromatic N) is 3. The van der Waals surface area contributed by atoms with Crippen LogP contribution in [-0.4, -0.2) is 27.6 Å². The van der Waals surface area contributed by atoms with Crippen molar-refractivity contribution in [3.63, 3.8) is 0 Å². The van der Waals surface area contributed by atoms with Crippen LogP contribution in [0.4, 0.5) is 5.82 Å². The van der Waals surface area contributed by atoms with Crippen LogP contribution in [0, 0.1) is 13.8 Å². The smallest absolute Gasteiger partial charge is 0.133 e. The Balaban J connectivity index is 2.27. The molecule has 0 aliphatic carbocycles. The number of hydrogen-bond acceptors (Lipinski definition) is 3. The Hall–Kier alpha value is -2.10. The van der Waals surface area contributed by atoms with E-state index < -0.39 is 0 Å². The highest BCUT2D eigenvalue weighted by molar-refractivity contribution is 6.16. The summed E-state index contributed by atoms with van der Waals surface area (Å²) in [6, 6.07) is 8.52. The van der Waals surface area contributed by atoms with Crippen molar-refractivity contribution in [1.82, 2.24) is 9.78 Å². The zero-order valence-corrected chi connectivity index (χ0v) is 13.4. The van der Waals surface area contributed by atoms with E-state index in [1.165, 1.54) is 5.56 Å². The molecule has 2 heterocycles. The first-order valence-electron chi connectivity index (χ1n) is 7.32. The molecule has 3 rings (SSSR count). The summed E-state index contributed by atoms with van der Waals surface area (Å²) in [6.07, 6.45) is 0. The first kappa shape index (κ1) is 13.9. The van der Waals surface area contributed by atoms with Crippen LogP contribution in [0.2, 0.25) is 0 Å². The number of anilines is 1. The monoisotopic (exact) mass is 282 g/mol. The summed E-state index contributed by atoms with van der Waals surface area (Å²) in [5.74, 6) is 1.05. The minimum Gasteiger partial charge on any atom is -0.367 e. The second-order valence-electron chi connectivity index (χ2n) is 6.43. The molecule has 1 aromatic heterocycles. The Morgan fingerprint density at radius 1 is 1.24 bits per heavy atom. The van der Waals surface area contributed by atoms with Gasteiger partial charge in [-0.25, -0.2) is 0 Å². The van der Waals surface area contributed by atoms with Crippen molar-refractivity contribution in [2.75, 3.05) is 11.9 Å². The molecule has 0 radical (unpaired) electrons. The maximum Gasteiger partial charge on any atom is 0.133 e. The Morgan fingerprint density at radius 2 is 2.00 bits per heavy atom. The number of benzene rings is 1. The molecule has 1 N–H and O–H groups in total. The quantitative estimate of drug-likeness (QED) is 0.873. The number of rotatable bonds is 1. The number of aromatic nitrogens is 2. The predicted octanol–water partition coefficient (Wildman–Crippen LogP) is 3.08. The lowest BCUT2D eigenvalue weighted by atomic mass is 9.99. The Bertz CT molecular complexity index is 722. The number of fused-ring (bicyclic) bond motifs is 1. The normalized spacial score (nSPS) is 16.7. The first-order valence-corrected chi connectivity index (χ1v) is 7.32. The molecule has 2 aromatic rings. The van der Waals surface area contributed by atoms with Gasteiger partial charge in [0.05, 0.1) is 22.5 Å². The largest absolute Gasteiger partial charge is 0.367 e. The molecule has 1 aromatic carbocycles. The van der Waals surface area contributed by atoms with Gasteiger partial charge in [-0.15, -0.1) is 0 Å². The maximum absolute atomic E-state index is 5.04. The lowest BCUT2D eigenvalue weighted by Crippen LogP contribution is -2.28. The highest BCUT2D eigenvalue weighted by atomic mass is 15.3. The van der Waals surface area contributed by atoms with Gasteiger partial charge in [-0.2, -0.15) is 5.10 Å². The lowest BCUT2D eigenvalue weighted by molar-refractivity contribution is 0.553. The topological polar surface area (TPSA) is 42.2 Å². The standard InChI is InChI=1S/C17H22N4/c1-11-7-6-8-13(9-11)15-14-12(2)20-21(5)16(14)18-10-17(3,4)19-15/h6-9,18H,10H2,1-5H3. The average Bonchev–Trinajstić information content (AvgIpc) is 2.59. The first-order chi connectivity index (χ1) is 9.87. The van der Waals surface area contributed by atoms with Crippen molar-refractivity contribution in [2.24, 2.45) is 12.0 Å². The van der Waals surface area contributed by atoms with Gasteiger partial charge in [0.1, 0.15) is 5.82 Å². The number of hydrogen-bond donors (Lipinski definition) is 1. The Morgan fingerprint density at radius 3 is 2.71 bits per heavy atom. The summed E-state index contributed by atoms with van der Waals surface area (Å²) in [5.41, 5.74) is 5.42. The average molecular weight is 282 g/mol. The third kappa shape index (κ3) is 2.46. The highest BCUT2D eigenvalue weighted by Gasteiger charge is 2.28. The second-order valence-corrected chi connectivity index (χ2v) is 6.43. The highest BCUT2D eigenvalue weighted by Crippen LogP contribution is 2.29. The summed E-state index contributed by atoms with van der Waals surface area (Å²) in [4.78, 5) is 5.04. The van der Waals surface area contributed by atoms with Crippen LogP contribution in [0.5, 0.6) is 0 Å². The SMILES string of the molecule is Cc1cccc(C2=NC(C)(C)CNc3c2c(C)nn3C)c1. The summed E-state index contributed by atoms with van der Waals surface area (Å²) in [5, 5.41) is 8.06. The van der Waals surface area contributed by atoms with Crippen molar-refractivity contribution >= 4 is 11.5 Å². The predicted molar refractivity (Wildman–Crippen MR) is 87.3 cm³/mol. The van der Waals surface area contributed by atoms with Gasteiger partial charge < -0.3 is 5.32 Å². The van der Waals surface area contributed by atoms with Crippen LogP contribution in [-0.2, 0) is 7.05 Å². The van der Waals surface area contributed by atoms with E-state index in [1.54, 1.807) is 0 Å². The molecule has 0 spiro atoms. The molecule has 110 valence electrons. The van der Waals surface area contributed by atoms with Crippen LogP contribution in [0.1, 0.15) is 36.2 Å². The Labute approximate surface area is 125 Å².